The molecule has 3 N–H and O–H groups in total. The Bertz CT molecular complexity index is 1270. The molecular formula is C27H29F3N4O3S. The van der Waals surface area contributed by atoms with Gasteiger partial charge in [0.25, 0.3) is 0 Å². The van der Waals surface area contributed by atoms with Gasteiger partial charge < -0.3 is 15.7 Å². The summed E-state index contributed by atoms with van der Waals surface area (Å²) in [6, 6.07) is 10.9. The number of amides is 2. The summed E-state index contributed by atoms with van der Waals surface area (Å²) in [6.45, 7) is 1.56. The predicted octanol–water partition coefficient (Wildman–Crippen LogP) is 6.46. The zero-order chi connectivity index (χ0) is 27.3. The fourth-order valence-corrected chi connectivity index (χ4v) is 5.64. The van der Waals surface area contributed by atoms with Crippen LogP contribution in [0, 0.1) is 0 Å². The Kier molecular flexibility index (Phi) is 8.65. The SMILES string of the molecule is CC(=O)N[C@@H](Cc1ccc(CNC(=O)O)cc1)c1nnc(-c2cc(C3CCCCC3)cc(C(F)(F)F)c2)s1. The summed E-state index contributed by atoms with van der Waals surface area (Å²) in [7, 11) is 0. The van der Waals surface area contributed by atoms with Crippen molar-refractivity contribution in [2.24, 2.45) is 0 Å². The first-order valence-electron chi connectivity index (χ1n) is 12.5. The molecule has 1 aliphatic carbocycles. The molecule has 1 atom stereocenters. The molecule has 0 spiro atoms. The molecule has 7 nitrogen and oxygen atoms in total. The van der Waals surface area contributed by atoms with Gasteiger partial charge >= 0.3 is 12.3 Å². The standard InChI is InChI=1S/C27H29F3N4O3S/c1-16(35)32-23(11-17-7-9-18(10-8-17)15-31-26(36)37)25-34-33-24(38-25)21-12-20(19-5-3-2-4-6-19)13-22(14-21)27(28,29)30/h7-10,12-14,19,23,31H,2-6,11,15H2,1H3,(H,32,35)(H,36,37)/t23-/m0/s1. The molecule has 1 saturated carbocycles. The Balaban J connectivity index is 1.59. The van der Waals surface area contributed by atoms with E-state index in [-0.39, 0.29) is 18.4 Å². The average Bonchev–Trinajstić information content (AvgIpc) is 3.38. The molecule has 1 fully saturated rings. The Morgan fingerprint density at radius 1 is 1.05 bits per heavy atom. The van der Waals surface area contributed by atoms with Gasteiger partial charge in [-0.05, 0) is 60.1 Å². The third-order valence-electron chi connectivity index (χ3n) is 6.63. The van der Waals surface area contributed by atoms with Crippen molar-refractivity contribution >= 4 is 23.3 Å². The van der Waals surface area contributed by atoms with E-state index >= 15 is 0 Å². The quantitative estimate of drug-likeness (QED) is 0.301. The third-order valence-corrected chi connectivity index (χ3v) is 7.71. The minimum atomic E-state index is -4.47. The highest BCUT2D eigenvalue weighted by molar-refractivity contribution is 7.14. The Labute approximate surface area is 222 Å². The van der Waals surface area contributed by atoms with Crippen LogP contribution >= 0.6 is 11.3 Å². The summed E-state index contributed by atoms with van der Waals surface area (Å²) in [4.78, 5) is 22.6. The third kappa shape index (κ3) is 7.31. The molecule has 0 saturated heterocycles. The van der Waals surface area contributed by atoms with E-state index in [1.54, 1.807) is 18.2 Å². The molecule has 4 rings (SSSR count). The maximum absolute atomic E-state index is 13.8. The normalized spacial score (nSPS) is 15.2. The lowest BCUT2D eigenvalue weighted by Crippen LogP contribution is -2.27. The van der Waals surface area contributed by atoms with Gasteiger partial charge in [0.05, 0.1) is 11.6 Å². The van der Waals surface area contributed by atoms with Crippen LogP contribution in [0.25, 0.3) is 10.6 Å². The van der Waals surface area contributed by atoms with Crippen LogP contribution in [0.1, 0.15) is 78.2 Å². The topological polar surface area (TPSA) is 104 Å². The van der Waals surface area contributed by atoms with Crippen LogP contribution in [0.4, 0.5) is 18.0 Å². The molecule has 0 radical (unpaired) electrons. The molecule has 2 amide bonds. The van der Waals surface area contributed by atoms with Crippen LogP contribution in [-0.2, 0) is 23.9 Å². The van der Waals surface area contributed by atoms with Crippen molar-refractivity contribution in [3.8, 4) is 10.6 Å². The van der Waals surface area contributed by atoms with Crippen LogP contribution in [0.2, 0.25) is 0 Å². The van der Waals surface area contributed by atoms with E-state index < -0.39 is 23.9 Å². The summed E-state index contributed by atoms with van der Waals surface area (Å²) < 4.78 is 41.3. The largest absolute Gasteiger partial charge is 0.465 e. The zero-order valence-electron chi connectivity index (χ0n) is 20.8. The van der Waals surface area contributed by atoms with Crippen molar-refractivity contribution < 1.29 is 27.9 Å². The van der Waals surface area contributed by atoms with Gasteiger partial charge in [-0.15, -0.1) is 10.2 Å². The van der Waals surface area contributed by atoms with Crippen molar-refractivity contribution in [3.63, 3.8) is 0 Å². The van der Waals surface area contributed by atoms with E-state index in [1.165, 1.54) is 13.0 Å². The van der Waals surface area contributed by atoms with Gasteiger partial charge in [0.1, 0.15) is 10.0 Å². The van der Waals surface area contributed by atoms with E-state index in [0.717, 1.165) is 60.6 Å². The number of carboxylic acid groups (broad SMARTS) is 1. The minimum Gasteiger partial charge on any atom is -0.465 e. The van der Waals surface area contributed by atoms with E-state index in [1.807, 2.05) is 12.1 Å². The molecule has 0 unspecified atom stereocenters. The first-order valence-corrected chi connectivity index (χ1v) is 13.3. The van der Waals surface area contributed by atoms with Gasteiger partial charge in [-0.2, -0.15) is 13.2 Å². The average molecular weight is 547 g/mol. The Morgan fingerprint density at radius 3 is 2.37 bits per heavy atom. The van der Waals surface area contributed by atoms with Gasteiger partial charge in [0.2, 0.25) is 5.91 Å². The van der Waals surface area contributed by atoms with Crippen LogP contribution in [0.3, 0.4) is 0 Å². The number of benzene rings is 2. The second-order valence-corrected chi connectivity index (χ2v) is 10.6. The van der Waals surface area contributed by atoms with Crippen molar-refractivity contribution in [3.05, 3.63) is 69.7 Å². The number of halogens is 3. The van der Waals surface area contributed by atoms with Gasteiger partial charge in [-0.3, -0.25) is 4.79 Å². The smallest absolute Gasteiger partial charge is 0.416 e. The number of nitrogens with one attached hydrogen (secondary N) is 2. The highest BCUT2D eigenvalue weighted by atomic mass is 32.1. The molecule has 1 heterocycles. The summed E-state index contributed by atoms with van der Waals surface area (Å²) in [6.07, 6.45) is -0.333. The van der Waals surface area contributed by atoms with Crippen molar-refractivity contribution in [2.75, 3.05) is 0 Å². The summed E-state index contributed by atoms with van der Waals surface area (Å²) in [5, 5.41) is 23.2. The number of hydrogen-bond acceptors (Lipinski definition) is 5. The molecule has 0 aliphatic heterocycles. The predicted molar refractivity (Wildman–Crippen MR) is 138 cm³/mol. The molecule has 0 bridgehead atoms. The first-order chi connectivity index (χ1) is 18.1. The number of alkyl halides is 3. The number of carbonyl (C=O) groups is 2. The summed E-state index contributed by atoms with van der Waals surface area (Å²) in [5.74, 6) is -0.175. The lowest BCUT2D eigenvalue weighted by molar-refractivity contribution is -0.137. The molecule has 11 heteroatoms. The summed E-state index contributed by atoms with van der Waals surface area (Å²) >= 11 is 1.16. The number of rotatable bonds is 8. The lowest BCUT2D eigenvalue weighted by Gasteiger charge is -2.23. The van der Waals surface area contributed by atoms with Crippen molar-refractivity contribution in [1.29, 1.82) is 0 Å². The number of hydrogen-bond donors (Lipinski definition) is 3. The van der Waals surface area contributed by atoms with E-state index in [0.29, 0.717) is 27.6 Å². The fraction of sp³-hybridized carbons (Fsp3) is 0.407. The molecule has 2 aromatic carbocycles. The zero-order valence-corrected chi connectivity index (χ0v) is 21.7. The van der Waals surface area contributed by atoms with Crippen LogP contribution in [0.5, 0.6) is 0 Å². The van der Waals surface area contributed by atoms with E-state index in [2.05, 4.69) is 20.8 Å². The highest BCUT2D eigenvalue weighted by Crippen LogP contribution is 2.40. The Morgan fingerprint density at radius 2 is 1.74 bits per heavy atom. The van der Waals surface area contributed by atoms with Crippen LogP contribution in [0.15, 0.2) is 42.5 Å². The number of nitrogens with zero attached hydrogens (tertiary/aromatic N) is 2. The van der Waals surface area contributed by atoms with Crippen molar-refractivity contribution in [1.82, 2.24) is 20.8 Å². The van der Waals surface area contributed by atoms with Gasteiger partial charge in [0, 0.05) is 19.0 Å². The first kappa shape index (κ1) is 27.6. The molecular weight excluding hydrogens is 517 g/mol. The Hall–Kier alpha value is -3.47. The highest BCUT2D eigenvalue weighted by Gasteiger charge is 2.33. The van der Waals surface area contributed by atoms with E-state index in [9.17, 15) is 22.8 Å². The molecule has 38 heavy (non-hydrogen) atoms. The maximum Gasteiger partial charge on any atom is 0.416 e. The second-order valence-electron chi connectivity index (χ2n) is 9.55. The second kappa shape index (κ2) is 11.9. The van der Waals surface area contributed by atoms with Gasteiger partial charge in [0.15, 0.2) is 0 Å². The van der Waals surface area contributed by atoms with Crippen LogP contribution < -0.4 is 10.6 Å². The monoisotopic (exact) mass is 546 g/mol. The lowest BCUT2D eigenvalue weighted by atomic mass is 9.83. The molecule has 1 aliphatic rings. The van der Waals surface area contributed by atoms with E-state index in [4.69, 9.17) is 5.11 Å². The van der Waals surface area contributed by atoms with Crippen molar-refractivity contribution in [2.45, 2.75) is 70.1 Å². The minimum absolute atomic E-state index is 0.0954. The summed E-state index contributed by atoms with van der Waals surface area (Å²) in [5.41, 5.74) is 2.02. The molecule has 202 valence electrons. The molecule has 1 aromatic heterocycles. The van der Waals surface area contributed by atoms with Gasteiger partial charge in [-0.25, -0.2) is 4.79 Å². The molecule has 3 aromatic rings. The van der Waals surface area contributed by atoms with Crippen LogP contribution in [-0.4, -0.2) is 27.3 Å². The fourth-order valence-electron chi connectivity index (χ4n) is 4.75. The van der Waals surface area contributed by atoms with Gasteiger partial charge in [-0.1, -0.05) is 54.9 Å². The maximum atomic E-state index is 13.8. The number of aromatic nitrogens is 2. The number of carbonyl (C=O) groups excluding carboxylic acids is 1.